The molecule has 36 heavy (non-hydrogen) atoms. The first-order valence-electron chi connectivity index (χ1n) is 12.2. The molecule has 1 heterocycles. The Labute approximate surface area is 216 Å². The van der Waals surface area contributed by atoms with Crippen LogP contribution in [0.5, 0.6) is 0 Å². The minimum absolute atomic E-state index is 0.0617. The number of aromatic amines is 1. The number of nitrogens with two attached hydrogens (primary N) is 2. The molecule has 0 radical (unpaired) electrons. The molecule has 13 heteroatoms. The van der Waals surface area contributed by atoms with Crippen LogP contribution >= 0.6 is 11.8 Å². The first-order valence-corrected chi connectivity index (χ1v) is 13.6. The Morgan fingerprint density at radius 1 is 1.08 bits per heavy atom. The van der Waals surface area contributed by atoms with Crippen molar-refractivity contribution in [1.82, 2.24) is 25.9 Å². The molecule has 0 aromatic carbocycles. The summed E-state index contributed by atoms with van der Waals surface area (Å²) in [7, 11) is 0. The minimum Gasteiger partial charge on any atom is -0.480 e. The van der Waals surface area contributed by atoms with Crippen molar-refractivity contribution in [3.8, 4) is 0 Å². The Hall–Kier alpha value is -2.64. The molecule has 5 atom stereocenters. The summed E-state index contributed by atoms with van der Waals surface area (Å²) in [5.41, 5.74) is 12.1. The van der Waals surface area contributed by atoms with Crippen molar-refractivity contribution in [2.24, 2.45) is 17.4 Å². The van der Waals surface area contributed by atoms with Gasteiger partial charge in [-0.15, -0.1) is 0 Å². The Morgan fingerprint density at radius 3 is 2.33 bits per heavy atom. The molecular weight excluding hydrogens is 486 g/mol. The van der Waals surface area contributed by atoms with Gasteiger partial charge in [-0.25, -0.2) is 9.78 Å². The highest BCUT2D eigenvalue weighted by molar-refractivity contribution is 7.98. The highest BCUT2D eigenvalue weighted by Crippen LogP contribution is 2.11. The number of aromatic nitrogens is 2. The van der Waals surface area contributed by atoms with Gasteiger partial charge in [-0.1, -0.05) is 26.7 Å². The third-order valence-electron chi connectivity index (χ3n) is 5.94. The van der Waals surface area contributed by atoms with Crippen LogP contribution in [-0.4, -0.2) is 81.5 Å². The average molecular weight is 528 g/mol. The van der Waals surface area contributed by atoms with Crippen LogP contribution in [0.1, 0.15) is 51.6 Å². The number of aliphatic carboxylic acids is 1. The molecule has 204 valence electrons. The summed E-state index contributed by atoms with van der Waals surface area (Å²) < 4.78 is 0. The Bertz CT molecular complexity index is 824. The van der Waals surface area contributed by atoms with Gasteiger partial charge < -0.3 is 37.5 Å². The maximum Gasteiger partial charge on any atom is 0.326 e. The standard InChI is InChI=1S/C23H41N7O5S/c1-4-14(2)19(30-20(31)16(25)7-5-6-9-24)22(33)29-18(11-15-12-26-13-27-15)21(32)28-17(23(34)35)8-10-36-3/h12-14,16-19H,4-11,24-25H2,1-3H3,(H,26,27)(H,28,32)(H,29,33)(H,30,31)(H,34,35). The van der Waals surface area contributed by atoms with Gasteiger partial charge in [0.15, 0.2) is 0 Å². The quantitative estimate of drug-likeness (QED) is 0.125. The third kappa shape index (κ3) is 11.0. The van der Waals surface area contributed by atoms with E-state index >= 15 is 0 Å². The summed E-state index contributed by atoms with van der Waals surface area (Å²) in [6, 6.07) is -3.89. The molecule has 0 aliphatic heterocycles. The van der Waals surface area contributed by atoms with Gasteiger partial charge in [0, 0.05) is 18.3 Å². The lowest BCUT2D eigenvalue weighted by atomic mass is 9.96. The number of imidazole rings is 1. The van der Waals surface area contributed by atoms with Crippen molar-refractivity contribution in [3.63, 3.8) is 0 Å². The molecule has 5 unspecified atom stereocenters. The van der Waals surface area contributed by atoms with Crippen LogP contribution in [0.15, 0.2) is 12.5 Å². The lowest BCUT2D eigenvalue weighted by Gasteiger charge is -2.28. The smallest absolute Gasteiger partial charge is 0.326 e. The van der Waals surface area contributed by atoms with Crippen LogP contribution in [0.4, 0.5) is 0 Å². The average Bonchev–Trinajstić information content (AvgIpc) is 3.36. The predicted molar refractivity (Wildman–Crippen MR) is 139 cm³/mol. The Kier molecular flexibility index (Phi) is 14.8. The normalized spacial score (nSPS) is 15.2. The molecule has 0 saturated carbocycles. The van der Waals surface area contributed by atoms with E-state index in [1.807, 2.05) is 20.1 Å². The monoisotopic (exact) mass is 527 g/mol. The molecule has 3 amide bonds. The SMILES string of the molecule is CCC(C)C(NC(=O)C(N)CCCCN)C(=O)NC(Cc1cnc[nH]1)C(=O)NC(CCSC)C(=O)O. The number of nitrogens with one attached hydrogen (secondary N) is 4. The topological polar surface area (TPSA) is 205 Å². The molecule has 0 aliphatic rings. The molecule has 9 N–H and O–H groups in total. The van der Waals surface area contributed by atoms with E-state index in [1.165, 1.54) is 24.3 Å². The third-order valence-corrected chi connectivity index (χ3v) is 6.58. The van der Waals surface area contributed by atoms with E-state index < -0.39 is 47.9 Å². The fourth-order valence-electron chi connectivity index (χ4n) is 3.45. The molecule has 0 saturated heterocycles. The zero-order valence-corrected chi connectivity index (χ0v) is 22.1. The largest absolute Gasteiger partial charge is 0.480 e. The zero-order chi connectivity index (χ0) is 27.1. The van der Waals surface area contributed by atoms with Gasteiger partial charge in [0.1, 0.15) is 18.1 Å². The van der Waals surface area contributed by atoms with Gasteiger partial charge in [0.2, 0.25) is 17.7 Å². The number of carbonyl (C=O) groups excluding carboxylic acids is 3. The number of carboxylic acid groups (broad SMARTS) is 1. The highest BCUT2D eigenvalue weighted by Gasteiger charge is 2.32. The van der Waals surface area contributed by atoms with Gasteiger partial charge in [0.25, 0.3) is 0 Å². The predicted octanol–water partition coefficient (Wildman–Crippen LogP) is -0.253. The molecule has 1 rings (SSSR count). The van der Waals surface area contributed by atoms with Crippen LogP contribution < -0.4 is 27.4 Å². The zero-order valence-electron chi connectivity index (χ0n) is 21.3. The van der Waals surface area contributed by atoms with E-state index in [0.29, 0.717) is 37.3 Å². The lowest BCUT2D eigenvalue weighted by molar-refractivity contribution is -0.142. The van der Waals surface area contributed by atoms with Crippen molar-refractivity contribution in [2.75, 3.05) is 18.6 Å². The maximum absolute atomic E-state index is 13.3. The molecule has 12 nitrogen and oxygen atoms in total. The summed E-state index contributed by atoms with van der Waals surface area (Å²) in [4.78, 5) is 57.5. The number of carboxylic acids is 1. The van der Waals surface area contributed by atoms with Crippen molar-refractivity contribution in [2.45, 2.75) is 76.5 Å². The molecular formula is C23H41N7O5S. The molecule has 0 bridgehead atoms. The number of amides is 3. The maximum atomic E-state index is 13.3. The molecule has 0 fully saturated rings. The van der Waals surface area contributed by atoms with Crippen molar-refractivity contribution < 1.29 is 24.3 Å². The second kappa shape index (κ2) is 16.9. The van der Waals surface area contributed by atoms with E-state index in [4.69, 9.17) is 11.5 Å². The summed E-state index contributed by atoms with van der Waals surface area (Å²) in [5.74, 6) is -2.50. The number of unbranched alkanes of at least 4 members (excludes halogenated alkanes) is 1. The number of nitrogens with zero attached hydrogens (tertiary/aromatic N) is 1. The lowest BCUT2D eigenvalue weighted by Crippen LogP contribution is -2.59. The first-order chi connectivity index (χ1) is 17.1. The van der Waals surface area contributed by atoms with E-state index in [1.54, 1.807) is 0 Å². The van der Waals surface area contributed by atoms with Gasteiger partial charge in [-0.05, 0) is 43.7 Å². The van der Waals surface area contributed by atoms with Crippen LogP contribution in [0.2, 0.25) is 0 Å². The first kappa shape index (κ1) is 31.4. The van der Waals surface area contributed by atoms with Crippen LogP contribution in [0.25, 0.3) is 0 Å². The Morgan fingerprint density at radius 2 is 1.78 bits per heavy atom. The second-order valence-corrected chi connectivity index (χ2v) is 9.77. The Balaban J connectivity index is 3.02. The van der Waals surface area contributed by atoms with Gasteiger partial charge in [-0.3, -0.25) is 14.4 Å². The second-order valence-electron chi connectivity index (χ2n) is 8.79. The molecule has 1 aromatic heterocycles. The number of thioether (sulfide) groups is 1. The highest BCUT2D eigenvalue weighted by atomic mass is 32.2. The van der Waals surface area contributed by atoms with Gasteiger partial charge in [-0.2, -0.15) is 11.8 Å². The van der Waals surface area contributed by atoms with Crippen molar-refractivity contribution in [1.29, 1.82) is 0 Å². The minimum atomic E-state index is -1.16. The fraction of sp³-hybridized carbons (Fsp3) is 0.696. The molecule has 0 spiro atoms. The number of hydrogen-bond donors (Lipinski definition) is 7. The molecule has 1 aromatic rings. The molecule has 0 aliphatic carbocycles. The van der Waals surface area contributed by atoms with Crippen LogP contribution in [0, 0.1) is 5.92 Å². The summed E-state index contributed by atoms with van der Waals surface area (Å²) >= 11 is 1.47. The number of H-pyrrole nitrogens is 1. The van der Waals surface area contributed by atoms with Gasteiger partial charge in [0.05, 0.1) is 12.4 Å². The van der Waals surface area contributed by atoms with Crippen molar-refractivity contribution in [3.05, 3.63) is 18.2 Å². The van der Waals surface area contributed by atoms with E-state index in [2.05, 4.69) is 25.9 Å². The van der Waals surface area contributed by atoms with Crippen LogP contribution in [-0.2, 0) is 25.6 Å². The summed E-state index contributed by atoms with van der Waals surface area (Å²) in [5, 5.41) is 17.4. The van der Waals surface area contributed by atoms with E-state index in [9.17, 15) is 24.3 Å². The summed E-state index contributed by atoms with van der Waals surface area (Å²) in [6.45, 7) is 4.21. The van der Waals surface area contributed by atoms with E-state index in [-0.39, 0.29) is 18.8 Å². The number of hydrogen-bond acceptors (Lipinski definition) is 8. The van der Waals surface area contributed by atoms with Crippen LogP contribution in [0.3, 0.4) is 0 Å². The van der Waals surface area contributed by atoms with E-state index in [0.717, 1.165) is 6.42 Å². The number of rotatable bonds is 18. The fourth-order valence-corrected chi connectivity index (χ4v) is 3.93. The van der Waals surface area contributed by atoms with Gasteiger partial charge >= 0.3 is 5.97 Å². The summed E-state index contributed by atoms with van der Waals surface area (Å²) in [6.07, 6.45) is 7.57. The van der Waals surface area contributed by atoms with Crippen molar-refractivity contribution >= 4 is 35.5 Å². The number of carbonyl (C=O) groups is 4.